The van der Waals surface area contributed by atoms with Crippen LogP contribution in [-0.2, 0) is 16.0 Å². The van der Waals surface area contributed by atoms with E-state index in [1.54, 1.807) is 12.1 Å². The zero-order valence-corrected chi connectivity index (χ0v) is 22.4. The molecule has 1 aliphatic rings. The second-order valence-corrected chi connectivity index (χ2v) is 10.6. The van der Waals surface area contributed by atoms with Gasteiger partial charge >= 0.3 is 12.0 Å². The van der Waals surface area contributed by atoms with Crippen molar-refractivity contribution in [1.82, 2.24) is 5.32 Å². The molecule has 6 nitrogen and oxygen atoms in total. The fourth-order valence-corrected chi connectivity index (χ4v) is 5.41. The predicted molar refractivity (Wildman–Crippen MR) is 145 cm³/mol. The van der Waals surface area contributed by atoms with E-state index in [4.69, 9.17) is 4.74 Å². The quantitative estimate of drug-likeness (QED) is 0.331. The largest absolute Gasteiger partial charge is 0.508 e. The summed E-state index contributed by atoms with van der Waals surface area (Å²) in [5.41, 5.74) is 3.17. The van der Waals surface area contributed by atoms with Crippen LogP contribution < -0.4 is 10.6 Å². The van der Waals surface area contributed by atoms with Crippen molar-refractivity contribution in [2.45, 2.75) is 91.0 Å². The van der Waals surface area contributed by atoms with Crippen molar-refractivity contribution in [3.63, 3.8) is 0 Å². The number of carbonyl (C=O) groups is 2. The molecule has 0 spiro atoms. The molecule has 0 aliphatic heterocycles. The Morgan fingerprint density at radius 3 is 2.06 bits per heavy atom. The number of phenolic OH excluding ortho intramolecular Hbond substituents is 1. The second kappa shape index (κ2) is 12.3. The van der Waals surface area contributed by atoms with E-state index in [2.05, 4.69) is 50.5 Å². The fourth-order valence-electron chi connectivity index (χ4n) is 5.41. The molecule has 2 aromatic carbocycles. The van der Waals surface area contributed by atoms with Crippen molar-refractivity contribution in [3.05, 3.63) is 59.2 Å². The molecule has 1 aliphatic carbocycles. The lowest BCUT2D eigenvalue weighted by Crippen LogP contribution is -2.55. The Hall–Kier alpha value is -3.02. The first kappa shape index (κ1) is 27.6. The molecule has 2 amide bonds. The third-order valence-corrected chi connectivity index (χ3v) is 7.39. The van der Waals surface area contributed by atoms with Gasteiger partial charge in [0.15, 0.2) is 0 Å². The highest BCUT2D eigenvalue weighted by molar-refractivity contribution is 5.92. The Morgan fingerprint density at radius 1 is 0.944 bits per heavy atom. The topological polar surface area (TPSA) is 87.7 Å². The van der Waals surface area contributed by atoms with E-state index < -0.39 is 11.5 Å². The summed E-state index contributed by atoms with van der Waals surface area (Å²) in [7, 11) is 0. The van der Waals surface area contributed by atoms with Gasteiger partial charge in [0.1, 0.15) is 5.75 Å². The van der Waals surface area contributed by atoms with Gasteiger partial charge in [0.2, 0.25) is 0 Å². The van der Waals surface area contributed by atoms with Crippen LogP contribution in [-0.4, -0.2) is 29.8 Å². The smallest absolute Gasteiger partial charge is 0.319 e. The zero-order chi connectivity index (χ0) is 26.3. The fraction of sp³-hybridized carbons (Fsp3) is 0.533. The summed E-state index contributed by atoms with van der Waals surface area (Å²) in [6.07, 6.45) is 4.72. The molecule has 0 aromatic heterocycles. The first-order chi connectivity index (χ1) is 17.2. The summed E-state index contributed by atoms with van der Waals surface area (Å²) >= 11 is 0. The molecule has 1 atom stereocenters. The number of para-hydroxylation sites is 1. The van der Waals surface area contributed by atoms with Crippen molar-refractivity contribution < 1.29 is 19.4 Å². The number of amides is 2. The zero-order valence-electron chi connectivity index (χ0n) is 22.4. The normalized spacial score (nSPS) is 16.0. The van der Waals surface area contributed by atoms with Gasteiger partial charge < -0.3 is 20.5 Å². The number of hydrogen-bond acceptors (Lipinski definition) is 4. The van der Waals surface area contributed by atoms with Gasteiger partial charge in [-0.1, -0.05) is 77.3 Å². The lowest BCUT2D eigenvalue weighted by atomic mass is 9.67. The highest BCUT2D eigenvalue weighted by Crippen LogP contribution is 2.42. The molecule has 36 heavy (non-hydrogen) atoms. The van der Waals surface area contributed by atoms with E-state index >= 15 is 0 Å². The van der Waals surface area contributed by atoms with Crippen LogP contribution in [0.3, 0.4) is 0 Å². The third kappa shape index (κ3) is 6.40. The van der Waals surface area contributed by atoms with Gasteiger partial charge in [-0.2, -0.15) is 0 Å². The van der Waals surface area contributed by atoms with Crippen LogP contribution in [0, 0.1) is 5.41 Å². The Balaban J connectivity index is 1.96. The SMILES string of the molecule is CCOC(=O)C1(C(Cc2ccc(O)cc2)NC(=O)Nc2c(C(C)C)cccc2C(C)C)CCCCC1. The number of ether oxygens (including phenoxy) is 1. The molecule has 0 radical (unpaired) electrons. The maximum Gasteiger partial charge on any atom is 0.319 e. The summed E-state index contributed by atoms with van der Waals surface area (Å²) in [4.78, 5) is 27.0. The predicted octanol–water partition coefficient (Wildman–Crippen LogP) is 6.89. The van der Waals surface area contributed by atoms with Gasteiger partial charge in [0.25, 0.3) is 0 Å². The van der Waals surface area contributed by atoms with Gasteiger partial charge in [-0.15, -0.1) is 0 Å². The minimum atomic E-state index is -0.790. The first-order valence-corrected chi connectivity index (χ1v) is 13.3. The number of rotatable bonds is 9. The number of anilines is 1. The molecule has 3 rings (SSSR count). The average Bonchev–Trinajstić information content (AvgIpc) is 2.85. The van der Waals surface area contributed by atoms with Crippen molar-refractivity contribution in [2.75, 3.05) is 11.9 Å². The number of esters is 1. The van der Waals surface area contributed by atoms with Crippen LogP contribution in [0.15, 0.2) is 42.5 Å². The van der Waals surface area contributed by atoms with E-state index in [0.29, 0.717) is 25.9 Å². The van der Waals surface area contributed by atoms with Crippen molar-refractivity contribution in [3.8, 4) is 5.75 Å². The van der Waals surface area contributed by atoms with Gasteiger partial charge in [-0.3, -0.25) is 4.79 Å². The first-order valence-electron chi connectivity index (χ1n) is 13.3. The van der Waals surface area contributed by atoms with E-state index in [0.717, 1.165) is 41.6 Å². The average molecular weight is 495 g/mol. The van der Waals surface area contributed by atoms with E-state index in [9.17, 15) is 14.7 Å². The monoisotopic (exact) mass is 494 g/mol. The van der Waals surface area contributed by atoms with E-state index in [-0.39, 0.29) is 29.6 Å². The number of phenols is 1. The lowest BCUT2D eigenvalue weighted by molar-refractivity contribution is -0.159. The molecule has 1 fully saturated rings. The molecule has 196 valence electrons. The molecule has 1 saturated carbocycles. The van der Waals surface area contributed by atoms with Crippen LogP contribution in [0.2, 0.25) is 0 Å². The van der Waals surface area contributed by atoms with Gasteiger partial charge in [0.05, 0.1) is 18.1 Å². The standard InChI is InChI=1S/C30H42N2O4/c1-6-36-28(34)30(17-8-7-9-18-30)26(19-22-13-15-23(33)16-14-22)31-29(35)32-27-24(20(2)3)11-10-12-25(27)21(4)5/h10-16,20-21,26,33H,6-9,17-19H2,1-5H3,(H2,31,32,35). The summed E-state index contributed by atoms with van der Waals surface area (Å²) in [6.45, 7) is 10.6. The van der Waals surface area contributed by atoms with Crippen LogP contribution in [0.5, 0.6) is 5.75 Å². The molecule has 6 heteroatoms. The highest BCUT2D eigenvalue weighted by Gasteiger charge is 2.48. The van der Waals surface area contributed by atoms with Crippen LogP contribution in [0.4, 0.5) is 10.5 Å². The summed E-state index contributed by atoms with van der Waals surface area (Å²) in [6, 6.07) is 12.3. The van der Waals surface area contributed by atoms with Crippen LogP contribution >= 0.6 is 0 Å². The summed E-state index contributed by atoms with van der Waals surface area (Å²) in [5.74, 6) is 0.441. The number of nitrogens with one attached hydrogen (secondary N) is 2. The summed E-state index contributed by atoms with van der Waals surface area (Å²) in [5, 5.41) is 16.1. The van der Waals surface area contributed by atoms with Crippen LogP contribution in [0.1, 0.15) is 95.2 Å². The molecule has 0 heterocycles. The number of hydrogen-bond donors (Lipinski definition) is 3. The van der Waals surface area contributed by atoms with Crippen LogP contribution in [0.25, 0.3) is 0 Å². The van der Waals surface area contributed by atoms with Gasteiger partial charge in [0, 0.05) is 5.69 Å². The van der Waals surface area contributed by atoms with E-state index in [1.807, 2.05) is 25.1 Å². The molecule has 3 N–H and O–H groups in total. The third-order valence-electron chi connectivity index (χ3n) is 7.39. The molecule has 1 unspecified atom stereocenters. The van der Waals surface area contributed by atoms with E-state index in [1.165, 1.54) is 0 Å². The minimum Gasteiger partial charge on any atom is -0.508 e. The van der Waals surface area contributed by atoms with Crippen molar-refractivity contribution in [2.24, 2.45) is 5.41 Å². The Bertz CT molecular complexity index is 997. The number of aromatic hydroxyl groups is 1. The molecule has 2 aromatic rings. The summed E-state index contributed by atoms with van der Waals surface area (Å²) < 4.78 is 5.57. The Morgan fingerprint density at radius 2 is 1.53 bits per heavy atom. The van der Waals surface area contributed by atoms with Crippen molar-refractivity contribution >= 4 is 17.7 Å². The number of urea groups is 1. The Kier molecular flexibility index (Phi) is 9.41. The Labute approximate surface area is 215 Å². The van der Waals surface area contributed by atoms with Gasteiger partial charge in [-0.05, 0) is 66.8 Å². The van der Waals surface area contributed by atoms with Crippen molar-refractivity contribution in [1.29, 1.82) is 0 Å². The highest BCUT2D eigenvalue weighted by atomic mass is 16.5. The molecular formula is C30H42N2O4. The molecule has 0 saturated heterocycles. The second-order valence-electron chi connectivity index (χ2n) is 10.6. The molecular weight excluding hydrogens is 452 g/mol. The maximum atomic E-state index is 13.6. The number of benzene rings is 2. The maximum absolute atomic E-state index is 13.6. The number of carbonyl (C=O) groups excluding carboxylic acids is 2. The molecule has 0 bridgehead atoms. The van der Waals surface area contributed by atoms with Gasteiger partial charge in [-0.25, -0.2) is 4.79 Å². The lowest BCUT2D eigenvalue weighted by Gasteiger charge is -2.41. The minimum absolute atomic E-state index is 0.185.